The highest BCUT2D eigenvalue weighted by Crippen LogP contribution is 2.23. The Morgan fingerprint density at radius 2 is 2.18 bits per heavy atom. The summed E-state index contributed by atoms with van der Waals surface area (Å²) in [7, 11) is -2.94. The van der Waals surface area contributed by atoms with Gasteiger partial charge >= 0.3 is 0 Å². The van der Waals surface area contributed by atoms with Crippen molar-refractivity contribution >= 4 is 15.8 Å². The van der Waals surface area contributed by atoms with Crippen LogP contribution in [0, 0.1) is 12.8 Å². The summed E-state index contributed by atoms with van der Waals surface area (Å²) in [6, 6.07) is 6.16. The molecule has 0 spiro atoms. The predicted molar refractivity (Wildman–Crippen MR) is 113 cm³/mol. The highest BCUT2D eigenvalue weighted by molar-refractivity contribution is 7.90. The Kier molecular flexibility index (Phi) is 9.05. The van der Waals surface area contributed by atoms with E-state index in [9.17, 15) is 8.42 Å². The molecule has 0 radical (unpaired) electrons. The number of nitrogens with zero attached hydrogens (tertiary/aromatic N) is 1. The van der Waals surface area contributed by atoms with Crippen molar-refractivity contribution in [2.45, 2.75) is 33.2 Å². The fourth-order valence-electron chi connectivity index (χ4n) is 2.90. The third-order valence-electron chi connectivity index (χ3n) is 4.46. The van der Waals surface area contributed by atoms with Crippen LogP contribution in [0.25, 0.3) is 0 Å². The van der Waals surface area contributed by atoms with Crippen LogP contribution in [0.4, 0.5) is 0 Å². The second kappa shape index (κ2) is 11.3. The van der Waals surface area contributed by atoms with Gasteiger partial charge in [0, 0.05) is 37.4 Å². The minimum Gasteiger partial charge on any atom is -0.493 e. The highest BCUT2D eigenvalue weighted by Gasteiger charge is 2.17. The Hall–Kier alpha value is -1.80. The molecule has 158 valence electrons. The zero-order valence-electron chi connectivity index (χ0n) is 17.2. The number of sulfone groups is 1. The van der Waals surface area contributed by atoms with Gasteiger partial charge < -0.3 is 20.1 Å². The Morgan fingerprint density at radius 1 is 1.36 bits per heavy atom. The van der Waals surface area contributed by atoms with Gasteiger partial charge in [-0.15, -0.1) is 0 Å². The first-order chi connectivity index (χ1) is 13.4. The lowest BCUT2D eigenvalue weighted by Crippen LogP contribution is -2.38. The maximum Gasteiger partial charge on any atom is 0.191 e. The lowest BCUT2D eigenvalue weighted by molar-refractivity contribution is 0.166. The first-order valence-electron chi connectivity index (χ1n) is 9.87. The molecule has 0 aliphatic carbocycles. The van der Waals surface area contributed by atoms with Crippen LogP contribution in [0.1, 0.15) is 30.9 Å². The topological polar surface area (TPSA) is 89.0 Å². The molecule has 8 heteroatoms. The fraction of sp³-hybridized carbons (Fsp3) is 0.650. The van der Waals surface area contributed by atoms with Crippen LogP contribution >= 0.6 is 0 Å². The van der Waals surface area contributed by atoms with Crippen molar-refractivity contribution in [2.24, 2.45) is 10.9 Å². The van der Waals surface area contributed by atoms with Gasteiger partial charge in [0.05, 0.1) is 25.5 Å². The fourth-order valence-corrected chi connectivity index (χ4v) is 3.57. The summed E-state index contributed by atoms with van der Waals surface area (Å²) >= 11 is 0. The summed E-state index contributed by atoms with van der Waals surface area (Å²) in [5, 5.41) is 6.38. The number of aliphatic imine (C=N–C) groups is 1. The number of benzene rings is 1. The summed E-state index contributed by atoms with van der Waals surface area (Å²) in [4.78, 5) is 4.63. The molecule has 0 saturated carbocycles. The zero-order valence-corrected chi connectivity index (χ0v) is 18.0. The second-order valence-corrected chi connectivity index (χ2v) is 9.52. The van der Waals surface area contributed by atoms with E-state index >= 15 is 0 Å². The molecule has 2 rings (SSSR count). The molecule has 1 heterocycles. The second-order valence-electron chi connectivity index (χ2n) is 7.26. The standard InChI is InChI=1S/C20H33N3O4S/c1-4-21-20(22-9-5-11-28(3,24)25)23-13-18-7-6-16(2)12-19(18)27-15-17-8-10-26-14-17/h6-7,12,17H,4-5,8-11,13-15H2,1-3H3,(H2,21,22,23). The van der Waals surface area contributed by atoms with Crippen molar-refractivity contribution in [2.75, 3.05) is 44.9 Å². The van der Waals surface area contributed by atoms with Crippen LogP contribution in [0.15, 0.2) is 23.2 Å². The van der Waals surface area contributed by atoms with Gasteiger partial charge in [0.15, 0.2) is 5.96 Å². The van der Waals surface area contributed by atoms with Gasteiger partial charge in [0.25, 0.3) is 0 Å². The molecular formula is C20H33N3O4S. The van der Waals surface area contributed by atoms with E-state index in [2.05, 4.69) is 21.7 Å². The molecule has 1 aromatic rings. The van der Waals surface area contributed by atoms with E-state index in [0.717, 1.165) is 43.1 Å². The molecule has 0 amide bonds. The van der Waals surface area contributed by atoms with Gasteiger partial charge in [-0.1, -0.05) is 12.1 Å². The van der Waals surface area contributed by atoms with E-state index in [1.54, 1.807) is 0 Å². The summed E-state index contributed by atoms with van der Waals surface area (Å²) < 4.78 is 34.0. The minimum absolute atomic E-state index is 0.167. The molecule has 1 aliphatic rings. The molecule has 28 heavy (non-hydrogen) atoms. The maximum absolute atomic E-state index is 11.2. The molecular weight excluding hydrogens is 378 g/mol. The molecule has 0 aromatic heterocycles. The Bertz CT molecular complexity index is 744. The van der Waals surface area contributed by atoms with E-state index in [4.69, 9.17) is 9.47 Å². The molecule has 1 fully saturated rings. The third kappa shape index (κ3) is 8.48. The molecule has 1 saturated heterocycles. The summed E-state index contributed by atoms with van der Waals surface area (Å²) in [6.07, 6.45) is 2.84. The van der Waals surface area contributed by atoms with Crippen LogP contribution in [0.2, 0.25) is 0 Å². The van der Waals surface area contributed by atoms with Gasteiger partial charge in [0.1, 0.15) is 15.6 Å². The summed E-state index contributed by atoms with van der Waals surface area (Å²) in [5.74, 6) is 2.15. The van der Waals surface area contributed by atoms with Crippen LogP contribution in [-0.2, 0) is 21.1 Å². The molecule has 0 bridgehead atoms. The van der Waals surface area contributed by atoms with Crippen molar-refractivity contribution in [3.05, 3.63) is 29.3 Å². The smallest absolute Gasteiger partial charge is 0.191 e. The highest BCUT2D eigenvalue weighted by atomic mass is 32.2. The van der Waals surface area contributed by atoms with Gasteiger partial charge in [-0.25, -0.2) is 13.4 Å². The molecule has 1 atom stereocenters. The third-order valence-corrected chi connectivity index (χ3v) is 5.49. The lowest BCUT2D eigenvalue weighted by Gasteiger charge is -2.15. The van der Waals surface area contributed by atoms with Crippen LogP contribution in [0.3, 0.4) is 0 Å². The number of guanidine groups is 1. The number of rotatable bonds is 10. The predicted octanol–water partition coefficient (Wildman–Crippen LogP) is 1.90. The van der Waals surface area contributed by atoms with E-state index in [1.807, 2.05) is 26.0 Å². The summed E-state index contributed by atoms with van der Waals surface area (Å²) in [6.45, 7) is 8.05. The van der Waals surface area contributed by atoms with Crippen molar-refractivity contribution in [1.29, 1.82) is 0 Å². The van der Waals surface area contributed by atoms with Crippen LogP contribution in [0.5, 0.6) is 5.75 Å². The lowest BCUT2D eigenvalue weighted by atomic mass is 10.1. The number of ether oxygens (including phenoxy) is 2. The van der Waals surface area contributed by atoms with Crippen LogP contribution < -0.4 is 15.4 Å². The van der Waals surface area contributed by atoms with Crippen molar-refractivity contribution in [1.82, 2.24) is 10.6 Å². The molecule has 1 aromatic carbocycles. The molecule has 1 aliphatic heterocycles. The normalized spacial score (nSPS) is 17.5. The quantitative estimate of drug-likeness (QED) is 0.347. The van der Waals surface area contributed by atoms with Crippen molar-refractivity contribution in [3.63, 3.8) is 0 Å². The Labute approximate surface area is 168 Å². The molecule has 7 nitrogen and oxygen atoms in total. The van der Waals surface area contributed by atoms with Crippen molar-refractivity contribution in [3.8, 4) is 5.75 Å². The first-order valence-corrected chi connectivity index (χ1v) is 11.9. The number of nitrogens with one attached hydrogen (secondary N) is 2. The number of hydrogen-bond donors (Lipinski definition) is 2. The van der Waals surface area contributed by atoms with Gasteiger partial charge in [-0.2, -0.15) is 0 Å². The molecule has 2 N–H and O–H groups in total. The largest absolute Gasteiger partial charge is 0.493 e. The zero-order chi connectivity index (χ0) is 20.4. The molecule has 1 unspecified atom stereocenters. The Balaban J connectivity index is 1.95. The average molecular weight is 412 g/mol. The van der Waals surface area contributed by atoms with E-state index < -0.39 is 9.84 Å². The van der Waals surface area contributed by atoms with Crippen molar-refractivity contribution < 1.29 is 17.9 Å². The van der Waals surface area contributed by atoms with Gasteiger partial charge in [0.2, 0.25) is 0 Å². The van der Waals surface area contributed by atoms with E-state index in [1.165, 1.54) is 6.26 Å². The Morgan fingerprint density at radius 3 is 2.86 bits per heavy atom. The van der Waals surface area contributed by atoms with E-state index in [-0.39, 0.29) is 5.75 Å². The van der Waals surface area contributed by atoms with Gasteiger partial charge in [-0.3, -0.25) is 0 Å². The summed E-state index contributed by atoms with van der Waals surface area (Å²) in [5.41, 5.74) is 2.18. The van der Waals surface area contributed by atoms with E-state index in [0.29, 0.717) is 38.0 Å². The minimum atomic E-state index is -2.94. The monoisotopic (exact) mass is 411 g/mol. The first kappa shape index (κ1) is 22.5. The maximum atomic E-state index is 11.2. The SMILES string of the molecule is CCNC(=NCc1ccc(C)cc1OCC1CCOC1)NCCCS(C)(=O)=O. The van der Waals surface area contributed by atoms with Gasteiger partial charge in [-0.05, 0) is 38.3 Å². The average Bonchev–Trinajstić information content (AvgIpc) is 3.15. The van der Waals surface area contributed by atoms with Crippen LogP contribution in [-0.4, -0.2) is 59.3 Å². The number of aryl methyl sites for hydroxylation is 1. The number of hydrogen-bond acceptors (Lipinski definition) is 5.